The quantitative estimate of drug-likeness (QED) is 0.624. The number of benzene rings is 1. The second-order valence-electron chi connectivity index (χ2n) is 8.09. The predicted molar refractivity (Wildman–Crippen MR) is 123 cm³/mol. The second-order valence-corrected chi connectivity index (χ2v) is 8.09. The van der Waals surface area contributed by atoms with Gasteiger partial charge in [0.15, 0.2) is 0 Å². The summed E-state index contributed by atoms with van der Waals surface area (Å²) >= 11 is 0. The van der Waals surface area contributed by atoms with Crippen molar-refractivity contribution >= 4 is 11.7 Å². The highest BCUT2D eigenvalue weighted by atomic mass is 16.2. The van der Waals surface area contributed by atoms with Gasteiger partial charge in [0.05, 0.1) is 11.3 Å². The molecule has 32 heavy (non-hydrogen) atoms. The van der Waals surface area contributed by atoms with Crippen LogP contribution in [0.25, 0.3) is 0 Å². The Morgan fingerprint density at radius 1 is 1.16 bits per heavy atom. The lowest BCUT2D eigenvalue weighted by atomic mass is 10.1. The molecule has 0 aliphatic carbocycles. The molecule has 1 aliphatic rings. The van der Waals surface area contributed by atoms with Crippen LogP contribution in [0.15, 0.2) is 53.6 Å². The molecule has 8 heteroatoms. The first-order chi connectivity index (χ1) is 15.5. The average Bonchev–Trinajstić information content (AvgIpc) is 2.82. The topological polar surface area (TPSA) is 92.2 Å². The van der Waals surface area contributed by atoms with Crippen LogP contribution in [0.4, 0.5) is 10.5 Å². The van der Waals surface area contributed by atoms with Gasteiger partial charge in [-0.1, -0.05) is 18.2 Å². The summed E-state index contributed by atoms with van der Waals surface area (Å²) in [5, 5.41) is 5.67. The Morgan fingerprint density at radius 2 is 1.97 bits per heavy atom. The highest BCUT2D eigenvalue weighted by Crippen LogP contribution is 2.16. The molecule has 0 saturated heterocycles. The van der Waals surface area contributed by atoms with Gasteiger partial charge < -0.3 is 10.6 Å². The molecule has 1 aliphatic heterocycles. The van der Waals surface area contributed by atoms with Gasteiger partial charge in [0.1, 0.15) is 5.82 Å². The molecule has 0 spiro atoms. The lowest BCUT2D eigenvalue weighted by Gasteiger charge is -2.28. The number of fused-ring (bicyclic) bond motifs is 1. The maximum Gasteiger partial charge on any atom is 0.319 e. The molecule has 0 fully saturated rings. The van der Waals surface area contributed by atoms with Gasteiger partial charge in [-0.3, -0.25) is 19.2 Å². The Morgan fingerprint density at radius 3 is 2.72 bits per heavy atom. The summed E-state index contributed by atoms with van der Waals surface area (Å²) < 4.78 is 1.63. The van der Waals surface area contributed by atoms with Crippen molar-refractivity contribution in [2.24, 2.45) is 7.05 Å². The Labute approximate surface area is 187 Å². The van der Waals surface area contributed by atoms with Crippen LogP contribution in [-0.2, 0) is 33.0 Å². The molecule has 0 saturated carbocycles. The molecule has 2 aromatic heterocycles. The summed E-state index contributed by atoms with van der Waals surface area (Å²) in [6, 6.07) is 11.4. The number of amides is 2. The first-order valence-electron chi connectivity index (χ1n) is 10.8. The number of carbonyl (C=O) groups is 1. The number of carbonyl (C=O) groups excluding carboxylic acids is 1. The van der Waals surface area contributed by atoms with E-state index in [-0.39, 0.29) is 11.6 Å². The van der Waals surface area contributed by atoms with Gasteiger partial charge in [0.25, 0.3) is 5.56 Å². The number of nitrogens with one attached hydrogen (secondary N) is 2. The fourth-order valence-corrected chi connectivity index (χ4v) is 3.84. The molecule has 3 aromatic rings. The number of pyridine rings is 1. The predicted octanol–water partition coefficient (Wildman–Crippen LogP) is 2.41. The van der Waals surface area contributed by atoms with Crippen molar-refractivity contribution < 1.29 is 4.79 Å². The smallest absolute Gasteiger partial charge is 0.319 e. The fourth-order valence-electron chi connectivity index (χ4n) is 3.84. The number of anilines is 1. The summed E-state index contributed by atoms with van der Waals surface area (Å²) in [4.78, 5) is 35.6. The van der Waals surface area contributed by atoms with Gasteiger partial charge >= 0.3 is 6.03 Å². The van der Waals surface area contributed by atoms with Crippen LogP contribution in [0.5, 0.6) is 0 Å². The summed E-state index contributed by atoms with van der Waals surface area (Å²) in [6.07, 6.45) is 5.12. The lowest BCUT2D eigenvalue weighted by Crippen LogP contribution is -2.39. The van der Waals surface area contributed by atoms with E-state index >= 15 is 0 Å². The SMILES string of the molecule is Cc1nc2c(c(=O)n1C)CN(CCc1ccc(NC(=O)NCc3cccnc3)cc1)CC2. The molecule has 4 rings (SSSR count). The third kappa shape index (κ3) is 5.20. The third-order valence-electron chi connectivity index (χ3n) is 5.84. The Balaban J connectivity index is 1.27. The first kappa shape index (κ1) is 21.7. The maximum absolute atomic E-state index is 12.6. The molecule has 3 heterocycles. The van der Waals surface area contributed by atoms with Crippen molar-refractivity contribution in [3.63, 3.8) is 0 Å². The number of urea groups is 1. The standard InChI is InChI=1S/C24H28N6O2/c1-17-27-22-10-13-30(16-21(22)23(31)29(17)2)12-9-18-5-7-20(8-6-18)28-24(32)26-15-19-4-3-11-25-14-19/h3-8,11,14H,9-10,12-13,15-16H2,1-2H3,(H2,26,28,32). The summed E-state index contributed by atoms with van der Waals surface area (Å²) in [5.74, 6) is 0.765. The van der Waals surface area contributed by atoms with Crippen molar-refractivity contribution in [2.45, 2.75) is 32.9 Å². The second kappa shape index (κ2) is 9.74. The molecule has 166 valence electrons. The molecular formula is C24H28N6O2. The van der Waals surface area contributed by atoms with Gasteiger partial charge in [-0.25, -0.2) is 9.78 Å². The summed E-state index contributed by atoms with van der Waals surface area (Å²) in [6.45, 7) is 4.72. The highest BCUT2D eigenvalue weighted by Gasteiger charge is 2.21. The van der Waals surface area contributed by atoms with E-state index in [4.69, 9.17) is 0 Å². The van der Waals surface area contributed by atoms with E-state index in [2.05, 4.69) is 25.5 Å². The maximum atomic E-state index is 12.6. The van der Waals surface area contributed by atoms with Crippen LogP contribution in [0.2, 0.25) is 0 Å². The normalized spacial score (nSPS) is 13.4. The minimum Gasteiger partial charge on any atom is -0.334 e. The molecule has 0 radical (unpaired) electrons. The molecule has 0 atom stereocenters. The van der Waals surface area contributed by atoms with Crippen LogP contribution in [0.3, 0.4) is 0 Å². The van der Waals surface area contributed by atoms with E-state index in [0.29, 0.717) is 13.1 Å². The van der Waals surface area contributed by atoms with Gasteiger partial charge in [0.2, 0.25) is 0 Å². The number of aromatic nitrogens is 3. The molecule has 1 aromatic carbocycles. The van der Waals surface area contributed by atoms with Gasteiger partial charge in [-0.15, -0.1) is 0 Å². The highest BCUT2D eigenvalue weighted by molar-refractivity contribution is 5.89. The largest absolute Gasteiger partial charge is 0.334 e. The van der Waals surface area contributed by atoms with Crippen molar-refractivity contribution in [3.8, 4) is 0 Å². The zero-order chi connectivity index (χ0) is 22.5. The fraction of sp³-hybridized carbons (Fsp3) is 0.333. The van der Waals surface area contributed by atoms with Gasteiger partial charge in [-0.05, 0) is 42.7 Å². The molecular weight excluding hydrogens is 404 g/mol. The van der Waals surface area contributed by atoms with Crippen molar-refractivity contribution in [3.05, 3.63) is 87.4 Å². The Kier molecular flexibility index (Phi) is 6.61. The van der Waals surface area contributed by atoms with Crippen molar-refractivity contribution in [2.75, 3.05) is 18.4 Å². The monoisotopic (exact) mass is 432 g/mol. The van der Waals surface area contributed by atoms with Crippen LogP contribution in [-0.4, -0.2) is 38.6 Å². The minimum absolute atomic E-state index is 0.0643. The van der Waals surface area contributed by atoms with E-state index in [1.54, 1.807) is 24.0 Å². The number of nitrogens with zero attached hydrogens (tertiary/aromatic N) is 4. The molecule has 0 bridgehead atoms. The number of hydrogen-bond donors (Lipinski definition) is 2. The van der Waals surface area contributed by atoms with Crippen molar-refractivity contribution in [1.82, 2.24) is 24.8 Å². The van der Waals surface area contributed by atoms with E-state index in [9.17, 15) is 9.59 Å². The van der Waals surface area contributed by atoms with Crippen molar-refractivity contribution in [1.29, 1.82) is 0 Å². The molecule has 2 amide bonds. The zero-order valence-electron chi connectivity index (χ0n) is 18.5. The Hall–Kier alpha value is -3.52. The van der Waals surface area contributed by atoms with Gasteiger partial charge in [-0.2, -0.15) is 0 Å². The number of rotatable bonds is 6. The van der Waals surface area contributed by atoms with Crippen LogP contribution in [0, 0.1) is 6.92 Å². The minimum atomic E-state index is -0.251. The van der Waals surface area contributed by atoms with E-state index in [0.717, 1.165) is 54.3 Å². The average molecular weight is 433 g/mol. The third-order valence-corrected chi connectivity index (χ3v) is 5.84. The zero-order valence-corrected chi connectivity index (χ0v) is 18.5. The van der Waals surface area contributed by atoms with E-state index < -0.39 is 0 Å². The van der Waals surface area contributed by atoms with Gasteiger partial charge in [0, 0.05) is 57.7 Å². The molecule has 8 nitrogen and oxygen atoms in total. The Bertz CT molecular complexity index is 1140. The lowest BCUT2D eigenvalue weighted by molar-refractivity contribution is 0.251. The summed E-state index contributed by atoms with van der Waals surface area (Å²) in [7, 11) is 1.78. The summed E-state index contributed by atoms with van der Waals surface area (Å²) in [5.41, 5.74) is 4.71. The molecule has 2 N–H and O–H groups in total. The first-order valence-corrected chi connectivity index (χ1v) is 10.8. The van der Waals surface area contributed by atoms with E-state index in [1.165, 1.54) is 5.56 Å². The van der Waals surface area contributed by atoms with Crippen LogP contribution in [0.1, 0.15) is 28.2 Å². The number of aryl methyl sites for hydroxylation is 1. The van der Waals surface area contributed by atoms with Crippen LogP contribution >= 0.6 is 0 Å². The number of hydrogen-bond acceptors (Lipinski definition) is 5. The van der Waals surface area contributed by atoms with E-state index in [1.807, 2.05) is 43.3 Å². The van der Waals surface area contributed by atoms with Crippen LogP contribution < -0.4 is 16.2 Å². The molecule has 0 unspecified atom stereocenters.